The molecule has 1 fully saturated rings. The summed E-state index contributed by atoms with van der Waals surface area (Å²) < 4.78 is 10.6. The number of aryl methyl sites for hydroxylation is 1. The monoisotopic (exact) mass is 370 g/mol. The van der Waals surface area contributed by atoms with E-state index in [4.69, 9.17) is 9.15 Å². The van der Waals surface area contributed by atoms with Crippen molar-refractivity contribution < 1.29 is 9.15 Å². The molecule has 2 aliphatic rings. The first kappa shape index (κ1) is 17.4. The Balaban J connectivity index is 1.72. The average Bonchev–Trinajstić information content (AvgIpc) is 3.30. The van der Waals surface area contributed by atoms with Gasteiger partial charge in [-0.3, -0.25) is 10.3 Å². The number of piperidine rings is 1. The molecule has 0 unspecified atom stereocenters. The first-order valence-corrected chi connectivity index (χ1v) is 8.77. The predicted octanol–water partition coefficient (Wildman–Crippen LogP) is 1.00. The Bertz CT molecular complexity index is 856. The Labute approximate surface area is 157 Å². The van der Waals surface area contributed by atoms with Crippen molar-refractivity contribution in [3.05, 3.63) is 30.0 Å². The third-order valence-electron chi connectivity index (χ3n) is 4.75. The van der Waals surface area contributed by atoms with Gasteiger partial charge in [0, 0.05) is 25.9 Å². The molecule has 0 saturated carbocycles. The highest BCUT2D eigenvalue weighted by molar-refractivity contribution is 6.03. The number of anilines is 1. The molecule has 1 N–H and O–H groups in total. The van der Waals surface area contributed by atoms with Gasteiger partial charge in [0.05, 0.1) is 19.6 Å². The number of methoxy groups -OCH3 is 1. The summed E-state index contributed by atoms with van der Waals surface area (Å²) in [5.74, 6) is 2.15. The van der Waals surface area contributed by atoms with Crippen molar-refractivity contribution in [2.75, 3.05) is 32.1 Å². The van der Waals surface area contributed by atoms with Gasteiger partial charge in [-0.05, 0) is 26.1 Å². The number of guanidine groups is 1. The molecule has 0 aromatic carbocycles. The Morgan fingerprint density at radius 2 is 2.11 bits per heavy atom. The number of aliphatic imine (C=N–C) groups is 1. The van der Waals surface area contributed by atoms with Crippen molar-refractivity contribution in [3.8, 4) is 6.01 Å². The van der Waals surface area contributed by atoms with E-state index in [9.17, 15) is 0 Å². The fourth-order valence-electron chi connectivity index (χ4n) is 3.26. The molecule has 2 aromatic heterocycles. The van der Waals surface area contributed by atoms with E-state index in [1.807, 2.05) is 17.0 Å². The maximum atomic E-state index is 5.33. The minimum atomic E-state index is -0.429. The lowest BCUT2D eigenvalue weighted by Crippen LogP contribution is -2.60. The van der Waals surface area contributed by atoms with Crippen molar-refractivity contribution in [3.63, 3.8) is 0 Å². The van der Waals surface area contributed by atoms with Crippen LogP contribution in [0, 0.1) is 6.92 Å². The second kappa shape index (κ2) is 6.95. The van der Waals surface area contributed by atoms with Crippen molar-refractivity contribution in [1.29, 1.82) is 0 Å². The van der Waals surface area contributed by atoms with Crippen LogP contribution in [0.5, 0.6) is 6.01 Å². The summed E-state index contributed by atoms with van der Waals surface area (Å²) in [6.07, 6.45) is 4.93. The zero-order valence-corrected chi connectivity index (χ0v) is 15.6. The highest BCUT2D eigenvalue weighted by Crippen LogP contribution is 2.33. The molecule has 2 aromatic rings. The summed E-state index contributed by atoms with van der Waals surface area (Å²) in [4.78, 5) is 21.9. The lowest BCUT2D eigenvalue weighted by molar-refractivity contribution is 0.171. The second-order valence-electron chi connectivity index (χ2n) is 6.64. The van der Waals surface area contributed by atoms with Crippen molar-refractivity contribution in [2.24, 2.45) is 10.1 Å². The van der Waals surface area contributed by atoms with Gasteiger partial charge in [-0.2, -0.15) is 15.0 Å². The minimum Gasteiger partial charge on any atom is -0.467 e. The van der Waals surface area contributed by atoms with Gasteiger partial charge < -0.3 is 14.1 Å². The summed E-state index contributed by atoms with van der Waals surface area (Å²) in [5, 5.41) is 4.47. The molecular weight excluding hydrogens is 348 g/mol. The van der Waals surface area contributed by atoms with Crippen LogP contribution in [0.2, 0.25) is 0 Å². The molecule has 27 heavy (non-hydrogen) atoms. The fraction of sp³-hybridized carbons (Fsp3) is 0.471. The van der Waals surface area contributed by atoms with Gasteiger partial charge in [0.1, 0.15) is 17.2 Å². The van der Waals surface area contributed by atoms with Gasteiger partial charge >= 0.3 is 6.01 Å². The molecule has 2 aliphatic heterocycles. The number of hydrogen-bond acceptors (Lipinski definition) is 10. The van der Waals surface area contributed by atoms with Crippen LogP contribution in [0.3, 0.4) is 0 Å². The van der Waals surface area contributed by atoms with Crippen molar-refractivity contribution in [2.45, 2.75) is 25.4 Å². The highest BCUT2D eigenvalue weighted by Gasteiger charge is 2.47. The Morgan fingerprint density at radius 1 is 1.30 bits per heavy atom. The Kier molecular flexibility index (Phi) is 4.48. The summed E-state index contributed by atoms with van der Waals surface area (Å²) in [6, 6.07) is 3.91. The van der Waals surface area contributed by atoms with E-state index in [-0.39, 0.29) is 6.01 Å². The van der Waals surface area contributed by atoms with E-state index in [1.54, 1.807) is 19.4 Å². The maximum absolute atomic E-state index is 5.33. The number of aromatic nitrogens is 3. The maximum Gasteiger partial charge on any atom is 0.321 e. The van der Waals surface area contributed by atoms with Crippen LogP contribution >= 0.6 is 0 Å². The van der Waals surface area contributed by atoms with Crippen LogP contribution in [0.15, 0.2) is 32.9 Å². The third-order valence-corrected chi connectivity index (χ3v) is 4.75. The normalized spacial score (nSPS) is 19.5. The summed E-state index contributed by atoms with van der Waals surface area (Å²) in [7, 11) is 3.65. The topological polar surface area (TPSA) is 104 Å². The van der Waals surface area contributed by atoms with Crippen molar-refractivity contribution >= 4 is 18.1 Å². The first-order chi connectivity index (χ1) is 13.1. The second-order valence-corrected chi connectivity index (χ2v) is 6.64. The van der Waals surface area contributed by atoms with E-state index in [0.29, 0.717) is 23.5 Å². The summed E-state index contributed by atoms with van der Waals surface area (Å²) >= 11 is 0. The molecule has 0 radical (unpaired) electrons. The number of likely N-dealkylation sites (tertiary alicyclic amines) is 1. The van der Waals surface area contributed by atoms with Crippen LogP contribution in [0.25, 0.3) is 0 Å². The van der Waals surface area contributed by atoms with Crippen LogP contribution in [-0.4, -0.2) is 64.9 Å². The quantitative estimate of drug-likeness (QED) is 0.798. The molecule has 0 bridgehead atoms. The average molecular weight is 370 g/mol. The summed E-state index contributed by atoms with van der Waals surface area (Å²) in [5.41, 5.74) is 2.85. The molecule has 10 heteroatoms. The predicted molar refractivity (Wildman–Crippen MR) is 99.9 cm³/mol. The zero-order chi connectivity index (χ0) is 18.9. The number of rotatable bonds is 3. The highest BCUT2D eigenvalue weighted by atomic mass is 16.5. The van der Waals surface area contributed by atoms with E-state index < -0.39 is 5.66 Å². The SMILES string of the molecule is COc1nc(C)nc(N2C(/N=C/c3ccco3)=NNC23CCN(C)CC3)n1. The van der Waals surface area contributed by atoms with Crippen LogP contribution < -0.4 is 15.1 Å². The molecule has 10 nitrogen and oxygen atoms in total. The Morgan fingerprint density at radius 3 is 2.81 bits per heavy atom. The number of ether oxygens (including phenoxy) is 1. The Hall–Kier alpha value is -3.01. The fourth-order valence-corrected chi connectivity index (χ4v) is 3.26. The minimum absolute atomic E-state index is 0.266. The van der Waals surface area contributed by atoms with Gasteiger partial charge in [0.25, 0.3) is 5.96 Å². The molecule has 142 valence electrons. The van der Waals surface area contributed by atoms with E-state index in [1.165, 1.54) is 7.11 Å². The number of hydrazone groups is 1. The number of furan rings is 1. The number of nitrogens with zero attached hydrogens (tertiary/aromatic N) is 7. The van der Waals surface area contributed by atoms with Gasteiger partial charge in [-0.15, -0.1) is 5.10 Å². The third kappa shape index (κ3) is 3.35. The standard InChI is InChI=1S/C17H22N8O2/c1-12-19-15(21-16(20-12)26-3)25-14(18-11-13-5-4-10-27-13)22-23-17(25)6-8-24(2)9-7-17/h4-5,10-11,23H,6-9H2,1-3H3/b18-11+. The van der Waals surface area contributed by atoms with Crippen molar-refractivity contribution in [1.82, 2.24) is 25.3 Å². The van der Waals surface area contributed by atoms with Crippen LogP contribution in [-0.2, 0) is 0 Å². The van der Waals surface area contributed by atoms with Gasteiger partial charge in [-0.1, -0.05) is 0 Å². The summed E-state index contributed by atoms with van der Waals surface area (Å²) in [6.45, 7) is 3.66. The van der Waals surface area contributed by atoms with Gasteiger partial charge in [-0.25, -0.2) is 4.99 Å². The molecule has 0 aliphatic carbocycles. The molecule has 1 spiro atoms. The first-order valence-electron chi connectivity index (χ1n) is 8.77. The molecule has 4 heterocycles. The lowest BCUT2D eigenvalue weighted by Gasteiger charge is -2.42. The molecule has 4 rings (SSSR count). The van der Waals surface area contributed by atoms with Gasteiger partial charge in [0.15, 0.2) is 0 Å². The largest absolute Gasteiger partial charge is 0.467 e. The lowest BCUT2D eigenvalue weighted by atomic mass is 9.96. The van der Waals surface area contributed by atoms with Gasteiger partial charge in [0.2, 0.25) is 5.95 Å². The van der Waals surface area contributed by atoms with E-state index >= 15 is 0 Å². The van der Waals surface area contributed by atoms with Crippen LogP contribution in [0.1, 0.15) is 24.4 Å². The molecular formula is C17H22N8O2. The molecule has 1 saturated heterocycles. The number of nitrogens with one attached hydrogen (secondary N) is 1. The number of hydrogen-bond donors (Lipinski definition) is 1. The van der Waals surface area contributed by atoms with E-state index in [0.717, 1.165) is 25.9 Å². The van der Waals surface area contributed by atoms with Crippen LogP contribution in [0.4, 0.5) is 5.95 Å². The van der Waals surface area contributed by atoms with E-state index in [2.05, 4.69) is 42.4 Å². The zero-order valence-electron chi connectivity index (χ0n) is 15.6. The molecule has 0 atom stereocenters. The molecule has 0 amide bonds. The smallest absolute Gasteiger partial charge is 0.321 e.